The van der Waals surface area contributed by atoms with Gasteiger partial charge in [0.05, 0.1) is 6.54 Å². The molecule has 0 fully saturated rings. The molecule has 0 spiro atoms. The fraction of sp³-hybridized carbons (Fsp3) is 0.600. The minimum Gasteiger partial charge on any atom is -0.480 e. The number of thiol groups is 1. The van der Waals surface area contributed by atoms with Gasteiger partial charge in [0.25, 0.3) is 0 Å². The number of aliphatic carboxylic acids is 1. The van der Waals surface area contributed by atoms with Crippen LogP contribution in [0.15, 0.2) is 0 Å². The summed E-state index contributed by atoms with van der Waals surface area (Å²) in [5.74, 6) is -1.42. The van der Waals surface area contributed by atoms with Gasteiger partial charge < -0.3 is 21.3 Å². The van der Waals surface area contributed by atoms with Gasteiger partial charge in [0.15, 0.2) is 0 Å². The van der Waals surface area contributed by atoms with Gasteiger partial charge in [-0.25, -0.2) is 4.79 Å². The van der Waals surface area contributed by atoms with Crippen molar-refractivity contribution < 1.29 is 19.8 Å². The Morgan fingerprint density at radius 3 is 2.25 bits per heavy atom. The van der Waals surface area contributed by atoms with E-state index in [1.165, 1.54) is 0 Å². The van der Waals surface area contributed by atoms with Crippen LogP contribution in [0.1, 0.15) is 0 Å². The summed E-state index contributed by atoms with van der Waals surface area (Å²) in [6.07, 6.45) is -1.31. The minimum absolute atomic E-state index is 0.136. The van der Waals surface area contributed by atoms with Gasteiger partial charge in [-0.15, -0.1) is 0 Å². The second kappa shape index (κ2) is 4.17. The number of nitrogens with one attached hydrogen (secondary N) is 1. The SMILES string of the molecule is NC(CS)(CNC(=O)O)C(=O)O. The number of carbonyl (C=O) groups is 2. The van der Waals surface area contributed by atoms with E-state index >= 15 is 0 Å². The Morgan fingerprint density at radius 1 is 1.50 bits per heavy atom. The molecule has 12 heavy (non-hydrogen) atoms. The molecular weight excluding hydrogens is 184 g/mol. The number of carboxylic acid groups (broad SMARTS) is 2. The molecule has 0 aliphatic heterocycles. The van der Waals surface area contributed by atoms with Crippen LogP contribution in [0.25, 0.3) is 0 Å². The predicted octanol–water partition coefficient (Wildman–Crippen LogP) is -1.03. The third-order valence-corrected chi connectivity index (χ3v) is 1.83. The zero-order valence-corrected chi connectivity index (χ0v) is 7.04. The van der Waals surface area contributed by atoms with Gasteiger partial charge in [0.1, 0.15) is 5.54 Å². The lowest BCUT2D eigenvalue weighted by Gasteiger charge is -2.21. The van der Waals surface area contributed by atoms with E-state index in [4.69, 9.17) is 15.9 Å². The fourth-order valence-corrected chi connectivity index (χ4v) is 0.680. The Hall–Kier alpha value is -0.950. The highest BCUT2D eigenvalue weighted by molar-refractivity contribution is 7.80. The largest absolute Gasteiger partial charge is 0.480 e. The minimum atomic E-state index is -1.64. The van der Waals surface area contributed by atoms with E-state index in [0.717, 1.165) is 0 Å². The maximum absolute atomic E-state index is 10.5. The highest BCUT2D eigenvalue weighted by atomic mass is 32.1. The highest BCUT2D eigenvalue weighted by Crippen LogP contribution is 2.01. The van der Waals surface area contributed by atoms with Crippen molar-refractivity contribution in [2.75, 3.05) is 12.3 Å². The second-order valence-electron chi connectivity index (χ2n) is 2.28. The molecule has 70 valence electrons. The molecule has 1 atom stereocenters. The zero-order valence-electron chi connectivity index (χ0n) is 6.15. The molecular formula is C5H10N2O4S. The van der Waals surface area contributed by atoms with Crippen molar-refractivity contribution in [2.24, 2.45) is 5.73 Å². The van der Waals surface area contributed by atoms with E-state index in [1.807, 2.05) is 5.32 Å². The lowest BCUT2D eigenvalue weighted by molar-refractivity contribution is -0.142. The molecule has 0 aromatic carbocycles. The van der Waals surface area contributed by atoms with Crippen LogP contribution in [0.2, 0.25) is 0 Å². The third-order valence-electron chi connectivity index (χ3n) is 1.26. The molecule has 0 aliphatic rings. The van der Waals surface area contributed by atoms with E-state index < -0.39 is 17.6 Å². The maximum Gasteiger partial charge on any atom is 0.404 e. The summed E-state index contributed by atoms with van der Waals surface area (Å²) < 4.78 is 0. The number of hydrogen-bond acceptors (Lipinski definition) is 4. The molecule has 0 saturated heterocycles. The first kappa shape index (κ1) is 11.1. The fourth-order valence-electron chi connectivity index (χ4n) is 0.432. The molecule has 0 radical (unpaired) electrons. The quantitative estimate of drug-likeness (QED) is 0.367. The van der Waals surface area contributed by atoms with Gasteiger partial charge in [-0.05, 0) is 0 Å². The van der Waals surface area contributed by atoms with Crippen LogP contribution in [0.3, 0.4) is 0 Å². The average Bonchev–Trinajstić information content (AvgIpc) is 1.99. The van der Waals surface area contributed by atoms with Gasteiger partial charge in [0, 0.05) is 5.75 Å². The van der Waals surface area contributed by atoms with Crippen LogP contribution < -0.4 is 11.1 Å². The predicted molar refractivity (Wildman–Crippen MR) is 44.4 cm³/mol. The van der Waals surface area contributed by atoms with Crippen LogP contribution in [0, 0.1) is 0 Å². The van der Waals surface area contributed by atoms with Gasteiger partial charge in [0.2, 0.25) is 0 Å². The summed E-state index contributed by atoms with van der Waals surface area (Å²) in [5, 5.41) is 18.6. The molecule has 5 N–H and O–H groups in total. The molecule has 0 saturated carbocycles. The summed E-state index contributed by atoms with van der Waals surface area (Å²) in [7, 11) is 0. The normalized spacial score (nSPS) is 14.8. The Bertz CT molecular complexity index is 198. The lowest BCUT2D eigenvalue weighted by Crippen LogP contribution is -2.57. The monoisotopic (exact) mass is 194 g/mol. The first-order valence-corrected chi connectivity index (χ1v) is 3.65. The van der Waals surface area contributed by atoms with Gasteiger partial charge >= 0.3 is 12.1 Å². The summed E-state index contributed by atoms with van der Waals surface area (Å²) in [6, 6.07) is 0. The first-order chi connectivity index (χ1) is 5.42. The van der Waals surface area contributed by atoms with E-state index in [1.54, 1.807) is 0 Å². The topological polar surface area (TPSA) is 113 Å². The van der Waals surface area contributed by atoms with E-state index in [2.05, 4.69) is 12.6 Å². The number of carboxylic acids is 1. The molecule has 1 unspecified atom stereocenters. The molecule has 6 nitrogen and oxygen atoms in total. The van der Waals surface area contributed by atoms with Crippen LogP contribution in [0.4, 0.5) is 4.79 Å². The van der Waals surface area contributed by atoms with Crippen molar-refractivity contribution in [1.82, 2.24) is 5.32 Å². The van der Waals surface area contributed by atoms with Crippen molar-refractivity contribution in [3.8, 4) is 0 Å². The third kappa shape index (κ3) is 2.97. The summed E-state index contributed by atoms with van der Waals surface area (Å²) in [6.45, 7) is -0.360. The molecule has 0 heterocycles. The van der Waals surface area contributed by atoms with Crippen molar-refractivity contribution in [3.63, 3.8) is 0 Å². The Labute approximate surface area is 74.2 Å². The lowest BCUT2D eigenvalue weighted by atomic mass is 10.1. The number of nitrogens with two attached hydrogens (primary N) is 1. The van der Waals surface area contributed by atoms with Crippen molar-refractivity contribution in [1.29, 1.82) is 0 Å². The maximum atomic E-state index is 10.5. The summed E-state index contributed by atoms with van der Waals surface area (Å²) >= 11 is 3.70. The zero-order chi connectivity index (χ0) is 9.78. The van der Waals surface area contributed by atoms with Crippen molar-refractivity contribution in [3.05, 3.63) is 0 Å². The smallest absolute Gasteiger partial charge is 0.404 e. The molecule has 0 aromatic heterocycles. The molecule has 0 aromatic rings. The highest BCUT2D eigenvalue weighted by Gasteiger charge is 2.32. The summed E-state index contributed by atoms with van der Waals surface area (Å²) in [5.41, 5.74) is 3.65. The molecule has 0 aliphatic carbocycles. The number of hydrogen-bond donors (Lipinski definition) is 5. The summed E-state index contributed by atoms with van der Waals surface area (Å²) in [4.78, 5) is 20.5. The van der Waals surface area contributed by atoms with Crippen molar-refractivity contribution >= 4 is 24.7 Å². The molecule has 0 bridgehead atoms. The number of rotatable bonds is 4. The van der Waals surface area contributed by atoms with Crippen LogP contribution in [-0.4, -0.2) is 40.1 Å². The van der Waals surface area contributed by atoms with E-state index in [0.29, 0.717) is 0 Å². The Morgan fingerprint density at radius 2 is 2.00 bits per heavy atom. The van der Waals surface area contributed by atoms with Gasteiger partial charge in [-0.1, -0.05) is 0 Å². The van der Waals surface area contributed by atoms with Crippen molar-refractivity contribution in [2.45, 2.75) is 5.54 Å². The Balaban J connectivity index is 4.15. The molecule has 7 heteroatoms. The van der Waals surface area contributed by atoms with Crippen LogP contribution in [-0.2, 0) is 4.79 Å². The van der Waals surface area contributed by atoms with Crippen LogP contribution in [0.5, 0.6) is 0 Å². The molecule has 1 amide bonds. The average molecular weight is 194 g/mol. The molecule has 0 rings (SSSR count). The van der Waals surface area contributed by atoms with Gasteiger partial charge in [-0.3, -0.25) is 4.79 Å². The van der Waals surface area contributed by atoms with Crippen LogP contribution >= 0.6 is 12.6 Å². The van der Waals surface area contributed by atoms with E-state index in [9.17, 15) is 9.59 Å². The first-order valence-electron chi connectivity index (χ1n) is 3.02. The Kier molecular flexibility index (Phi) is 3.84. The van der Waals surface area contributed by atoms with E-state index in [-0.39, 0.29) is 12.3 Å². The standard InChI is InChI=1S/C5H10N2O4S/c6-5(2-12,3(8)9)1-7-4(10)11/h7,12H,1-2,6H2,(H,8,9)(H,10,11). The second-order valence-corrected chi connectivity index (χ2v) is 2.59. The number of amides is 1. The van der Waals surface area contributed by atoms with Gasteiger partial charge in [-0.2, -0.15) is 12.6 Å².